The van der Waals surface area contributed by atoms with Crippen LogP contribution in [0.5, 0.6) is 0 Å². The van der Waals surface area contributed by atoms with E-state index in [4.69, 9.17) is 0 Å². The molecular weight excluding hydrogens is 232 g/mol. The number of aryl methyl sites for hydroxylation is 1. The first-order valence-electron chi connectivity index (χ1n) is 5.80. The Balaban J connectivity index is 1.87. The highest BCUT2D eigenvalue weighted by Crippen LogP contribution is 2.13. The van der Waals surface area contributed by atoms with Gasteiger partial charge in [-0.2, -0.15) is 5.10 Å². The van der Waals surface area contributed by atoms with Crippen LogP contribution >= 0.6 is 11.3 Å². The van der Waals surface area contributed by atoms with Crippen LogP contribution in [-0.4, -0.2) is 20.8 Å². The van der Waals surface area contributed by atoms with Crippen molar-refractivity contribution in [2.24, 2.45) is 0 Å². The molecule has 0 aliphatic carbocycles. The third kappa shape index (κ3) is 3.14. The Hall–Kier alpha value is -1.20. The SMILES string of the molecule is Cc1ncc(CN[C@H](C)[C@@H](C)n2cccn2)s1. The van der Waals surface area contributed by atoms with E-state index in [1.165, 1.54) is 4.88 Å². The third-order valence-electron chi connectivity index (χ3n) is 2.93. The summed E-state index contributed by atoms with van der Waals surface area (Å²) < 4.78 is 1.98. The normalized spacial score (nSPS) is 14.8. The number of hydrogen-bond donors (Lipinski definition) is 1. The van der Waals surface area contributed by atoms with Gasteiger partial charge in [0.2, 0.25) is 0 Å². The Morgan fingerprint density at radius 2 is 2.29 bits per heavy atom. The van der Waals surface area contributed by atoms with Crippen molar-refractivity contribution < 1.29 is 0 Å². The number of nitrogens with zero attached hydrogens (tertiary/aromatic N) is 3. The molecule has 2 rings (SSSR count). The van der Waals surface area contributed by atoms with Gasteiger partial charge < -0.3 is 5.32 Å². The van der Waals surface area contributed by atoms with Crippen LogP contribution in [0.15, 0.2) is 24.7 Å². The minimum atomic E-state index is 0.346. The second kappa shape index (κ2) is 5.42. The summed E-state index contributed by atoms with van der Waals surface area (Å²) in [6.07, 6.45) is 5.76. The van der Waals surface area contributed by atoms with Crippen LogP contribution in [0.3, 0.4) is 0 Å². The quantitative estimate of drug-likeness (QED) is 0.886. The summed E-state index contributed by atoms with van der Waals surface area (Å²) in [7, 11) is 0. The molecule has 2 heterocycles. The van der Waals surface area contributed by atoms with E-state index in [2.05, 4.69) is 29.2 Å². The maximum atomic E-state index is 4.26. The highest BCUT2D eigenvalue weighted by atomic mass is 32.1. The van der Waals surface area contributed by atoms with Crippen LogP contribution in [0, 0.1) is 6.92 Å². The molecule has 0 aromatic carbocycles. The largest absolute Gasteiger partial charge is 0.307 e. The first-order chi connectivity index (χ1) is 8.16. The summed E-state index contributed by atoms with van der Waals surface area (Å²) in [5.74, 6) is 0. The maximum Gasteiger partial charge on any atom is 0.0897 e. The number of aromatic nitrogens is 3. The second-order valence-electron chi connectivity index (χ2n) is 4.24. The lowest BCUT2D eigenvalue weighted by Gasteiger charge is -2.21. The van der Waals surface area contributed by atoms with Crippen molar-refractivity contribution in [3.8, 4) is 0 Å². The van der Waals surface area contributed by atoms with Crippen molar-refractivity contribution in [2.45, 2.75) is 39.4 Å². The minimum absolute atomic E-state index is 0.346. The number of nitrogens with one attached hydrogen (secondary N) is 1. The number of hydrogen-bond acceptors (Lipinski definition) is 4. The summed E-state index contributed by atoms with van der Waals surface area (Å²) >= 11 is 1.74. The summed E-state index contributed by atoms with van der Waals surface area (Å²) in [5, 5.41) is 8.89. The fourth-order valence-corrected chi connectivity index (χ4v) is 2.42. The average Bonchev–Trinajstić information content (AvgIpc) is 2.95. The van der Waals surface area contributed by atoms with Gasteiger partial charge in [0.1, 0.15) is 0 Å². The van der Waals surface area contributed by atoms with Gasteiger partial charge in [0.05, 0.1) is 11.0 Å². The lowest BCUT2D eigenvalue weighted by molar-refractivity contribution is 0.366. The molecule has 0 saturated carbocycles. The lowest BCUT2D eigenvalue weighted by atomic mass is 10.2. The molecule has 0 aliphatic heterocycles. The molecule has 2 aromatic rings. The van der Waals surface area contributed by atoms with Gasteiger partial charge in [0.25, 0.3) is 0 Å². The van der Waals surface area contributed by atoms with E-state index < -0.39 is 0 Å². The predicted molar refractivity (Wildman–Crippen MR) is 70.1 cm³/mol. The van der Waals surface area contributed by atoms with Gasteiger partial charge in [0, 0.05) is 36.1 Å². The van der Waals surface area contributed by atoms with Gasteiger partial charge in [-0.25, -0.2) is 4.98 Å². The van der Waals surface area contributed by atoms with Crippen LogP contribution in [0.4, 0.5) is 0 Å². The van der Waals surface area contributed by atoms with Crippen molar-refractivity contribution in [1.29, 1.82) is 0 Å². The Morgan fingerprint density at radius 1 is 1.47 bits per heavy atom. The van der Waals surface area contributed by atoms with Crippen molar-refractivity contribution >= 4 is 11.3 Å². The maximum absolute atomic E-state index is 4.26. The smallest absolute Gasteiger partial charge is 0.0897 e. The average molecular weight is 250 g/mol. The van der Waals surface area contributed by atoms with Gasteiger partial charge in [-0.05, 0) is 26.8 Å². The van der Waals surface area contributed by atoms with Crippen LogP contribution in [-0.2, 0) is 6.54 Å². The molecular formula is C12H18N4S. The van der Waals surface area contributed by atoms with Gasteiger partial charge in [-0.3, -0.25) is 4.68 Å². The first-order valence-corrected chi connectivity index (χ1v) is 6.62. The van der Waals surface area contributed by atoms with E-state index >= 15 is 0 Å². The Labute approximate surface area is 106 Å². The highest BCUT2D eigenvalue weighted by Gasteiger charge is 2.13. The molecule has 1 N–H and O–H groups in total. The standard InChI is InChI=1S/C12H18N4S/c1-9(10(2)16-6-4-5-15-16)13-7-12-8-14-11(3)17-12/h4-6,8-10,13H,7H2,1-3H3/t9-,10-/m1/s1. The molecule has 17 heavy (non-hydrogen) atoms. The molecule has 0 fully saturated rings. The summed E-state index contributed by atoms with van der Waals surface area (Å²) in [5.41, 5.74) is 0. The van der Waals surface area contributed by atoms with E-state index in [0.717, 1.165) is 11.6 Å². The molecule has 0 saturated heterocycles. The van der Waals surface area contributed by atoms with E-state index in [9.17, 15) is 0 Å². The van der Waals surface area contributed by atoms with Crippen LogP contribution < -0.4 is 5.32 Å². The number of thiazole rings is 1. The highest BCUT2D eigenvalue weighted by molar-refractivity contribution is 7.11. The van der Waals surface area contributed by atoms with E-state index in [-0.39, 0.29) is 0 Å². The van der Waals surface area contributed by atoms with Gasteiger partial charge in [-0.15, -0.1) is 11.3 Å². The summed E-state index contributed by atoms with van der Waals surface area (Å²) in [6, 6.07) is 2.67. The molecule has 0 aliphatic rings. The molecule has 0 unspecified atom stereocenters. The molecule has 5 heteroatoms. The predicted octanol–water partition coefficient (Wildman–Crippen LogP) is 2.39. The monoisotopic (exact) mass is 250 g/mol. The van der Waals surface area contributed by atoms with Crippen molar-refractivity contribution in [2.75, 3.05) is 0 Å². The first kappa shape index (κ1) is 12.3. The third-order valence-corrected chi connectivity index (χ3v) is 3.85. The fraction of sp³-hybridized carbons (Fsp3) is 0.500. The molecule has 0 radical (unpaired) electrons. The second-order valence-corrected chi connectivity index (χ2v) is 5.56. The van der Waals surface area contributed by atoms with Gasteiger partial charge in [-0.1, -0.05) is 0 Å². The van der Waals surface area contributed by atoms with E-state index in [0.29, 0.717) is 12.1 Å². The molecule has 0 amide bonds. The fourth-order valence-electron chi connectivity index (χ4n) is 1.67. The van der Waals surface area contributed by atoms with Crippen LogP contribution in [0.1, 0.15) is 29.8 Å². The molecule has 4 nitrogen and oxygen atoms in total. The molecule has 2 atom stereocenters. The van der Waals surface area contributed by atoms with E-state index in [1.807, 2.05) is 36.3 Å². The zero-order valence-electron chi connectivity index (χ0n) is 10.4. The minimum Gasteiger partial charge on any atom is -0.307 e. The molecule has 92 valence electrons. The Kier molecular flexibility index (Phi) is 3.91. The summed E-state index contributed by atoms with van der Waals surface area (Å²) in [4.78, 5) is 5.53. The molecule has 2 aromatic heterocycles. The van der Waals surface area contributed by atoms with Crippen LogP contribution in [0.25, 0.3) is 0 Å². The van der Waals surface area contributed by atoms with Gasteiger partial charge in [0.15, 0.2) is 0 Å². The molecule has 0 bridgehead atoms. The van der Waals surface area contributed by atoms with Crippen molar-refractivity contribution in [3.05, 3.63) is 34.5 Å². The zero-order chi connectivity index (χ0) is 12.3. The topological polar surface area (TPSA) is 42.7 Å². The lowest BCUT2D eigenvalue weighted by Crippen LogP contribution is -2.33. The van der Waals surface area contributed by atoms with Crippen molar-refractivity contribution in [1.82, 2.24) is 20.1 Å². The molecule has 0 spiro atoms. The van der Waals surface area contributed by atoms with E-state index in [1.54, 1.807) is 11.3 Å². The summed E-state index contributed by atoms with van der Waals surface area (Å²) in [6.45, 7) is 7.26. The Bertz CT molecular complexity index is 449. The number of rotatable bonds is 5. The zero-order valence-corrected chi connectivity index (χ0v) is 11.2. The van der Waals surface area contributed by atoms with Crippen molar-refractivity contribution in [3.63, 3.8) is 0 Å². The van der Waals surface area contributed by atoms with Gasteiger partial charge >= 0.3 is 0 Å². The Morgan fingerprint density at radius 3 is 2.88 bits per heavy atom. The van der Waals surface area contributed by atoms with Crippen LogP contribution in [0.2, 0.25) is 0 Å².